The minimum absolute atomic E-state index is 0.149. The quantitative estimate of drug-likeness (QED) is 0.635. The second kappa shape index (κ2) is 8.10. The molecular formula is C21H18F3N3O3. The number of halogens is 3. The Balaban J connectivity index is 1.74. The van der Waals surface area contributed by atoms with Crippen LogP contribution < -0.4 is 5.32 Å². The van der Waals surface area contributed by atoms with Crippen molar-refractivity contribution < 1.29 is 27.5 Å². The third kappa shape index (κ3) is 4.56. The molecule has 0 aliphatic carbocycles. The number of fused-ring (bicyclic) bond motifs is 1. The minimum Gasteiger partial charge on any atom is -0.449 e. The molecule has 0 saturated carbocycles. The zero-order valence-electron chi connectivity index (χ0n) is 16.4. The fraction of sp³-hybridized carbons (Fsp3) is 0.238. The molecule has 0 fully saturated rings. The zero-order valence-corrected chi connectivity index (χ0v) is 16.4. The van der Waals surface area contributed by atoms with Crippen molar-refractivity contribution in [2.24, 2.45) is 0 Å². The Morgan fingerprint density at radius 2 is 1.63 bits per heavy atom. The van der Waals surface area contributed by atoms with Gasteiger partial charge in [-0.15, -0.1) is 0 Å². The molecule has 6 nitrogen and oxygen atoms in total. The molecule has 3 aromatic rings. The largest absolute Gasteiger partial charge is 0.449 e. The van der Waals surface area contributed by atoms with E-state index in [1.165, 1.54) is 31.2 Å². The van der Waals surface area contributed by atoms with Gasteiger partial charge in [-0.05, 0) is 51.1 Å². The first-order valence-corrected chi connectivity index (χ1v) is 8.99. The van der Waals surface area contributed by atoms with Crippen LogP contribution in [0.3, 0.4) is 0 Å². The van der Waals surface area contributed by atoms with Crippen LogP contribution in [0.1, 0.15) is 34.2 Å². The predicted octanol–water partition coefficient (Wildman–Crippen LogP) is 4.45. The summed E-state index contributed by atoms with van der Waals surface area (Å²) in [7, 11) is 0. The van der Waals surface area contributed by atoms with Crippen LogP contribution in [0.5, 0.6) is 0 Å². The molecule has 3 rings (SSSR count). The summed E-state index contributed by atoms with van der Waals surface area (Å²) in [5, 5.41) is 2.16. The van der Waals surface area contributed by atoms with Crippen molar-refractivity contribution in [3.63, 3.8) is 0 Å². The molecule has 30 heavy (non-hydrogen) atoms. The molecule has 156 valence electrons. The Bertz CT molecular complexity index is 1130. The number of hydrogen-bond donors (Lipinski definition) is 1. The van der Waals surface area contributed by atoms with Crippen LogP contribution in [-0.2, 0) is 15.7 Å². The molecule has 1 heterocycles. The fourth-order valence-corrected chi connectivity index (χ4v) is 2.71. The number of anilines is 1. The standard InChI is InChI=1S/C21H18F3N3O3/c1-11-12(2)26-18-10-14(8-9-17(18)25-11)20(29)30-13(3)19(28)27-16-7-5-4-6-15(16)21(22,23)24/h4-10,13H,1-3H3,(H,27,28)/t13-/m0/s1. The second-order valence-corrected chi connectivity index (χ2v) is 6.68. The first-order valence-electron chi connectivity index (χ1n) is 8.99. The average Bonchev–Trinajstić information content (AvgIpc) is 2.68. The van der Waals surface area contributed by atoms with Crippen LogP contribution in [0.4, 0.5) is 18.9 Å². The van der Waals surface area contributed by atoms with Crippen molar-refractivity contribution in [1.82, 2.24) is 9.97 Å². The molecule has 0 aliphatic rings. The highest BCUT2D eigenvalue weighted by atomic mass is 19.4. The molecule has 0 bridgehead atoms. The lowest BCUT2D eigenvalue weighted by molar-refractivity contribution is -0.137. The Morgan fingerprint density at radius 3 is 2.30 bits per heavy atom. The SMILES string of the molecule is Cc1nc2ccc(C(=O)O[C@@H](C)C(=O)Nc3ccccc3C(F)(F)F)cc2nc1C. The number of rotatable bonds is 4. The Kier molecular flexibility index (Phi) is 5.73. The van der Waals surface area contributed by atoms with Gasteiger partial charge in [0.05, 0.1) is 39.2 Å². The molecule has 1 atom stereocenters. The molecule has 2 aromatic carbocycles. The van der Waals surface area contributed by atoms with Gasteiger partial charge in [0, 0.05) is 0 Å². The summed E-state index contributed by atoms with van der Waals surface area (Å²) in [6.07, 6.45) is -5.95. The van der Waals surface area contributed by atoms with E-state index in [4.69, 9.17) is 4.74 Å². The van der Waals surface area contributed by atoms with E-state index in [0.717, 1.165) is 17.8 Å². The molecule has 1 aromatic heterocycles. The number of para-hydroxylation sites is 1. The maximum atomic E-state index is 13.1. The van der Waals surface area contributed by atoms with Crippen molar-refractivity contribution in [1.29, 1.82) is 0 Å². The number of benzene rings is 2. The van der Waals surface area contributed by atoms with E-state index in [1.807, 2.05) is 6.92 Å². The van der Waals surface area contributed by atoms with Gasteiger partial charge in [0.25, 0.3) is 5.91 Å². The van der Waals surface area contributed by atoms with Gasteiger partial charge in [-0.3, -0.25) is 4.79 Å². The highest BCUT2D eigenvalue weighted by Gasteiger charge is 2.34. The molecule has 9 heteroatoms. The summed E-state index contributed by atoms with van der Waals surface area (Å²) in [5.41, 5.74) is 1.31. The fourth-order valence-electron chi connectivity index (χ4n) is 2.71. The van der Waals surface area contributed by atoms with Gasteiger partial charge < -0.3 is 10.1 Å². The molecule has 0 saturated heterocycles. The number of aryl methyl sites for hydroxylation is 2. The molecule has 1 N–H and O–H groups in total. The van der Waals surface area contributed by atoms with E-state index >= 15 is 0 Å². The maximum absolute atomic E-state index is 13.1. The Labute approximate surface area is 170 Å². The van der Waals surface area contributed by atoms with Gasteiger partial charge in [-0.25, -0.2) is 14.8 Å². The lowest BCUT2D eigenvalue weighted by Gasteiger charge is -2.17. The van der Waals surface area contributed by atoms with Crippen molar-refractivity contribution in [2.45, 2.75) is 33.1 Å². The lowest BCUT2D eigenvalue weighted by Crippen LogP contribution is -2.30. The molecule has 0 aliphatic heterocycles. The van der Waals surface area contributed by atoms with Crippen LogP contribution in [0.15, 0.2) is 42.5 Å². The first-order chi connectivity index (χ1) is 14.1. The van der Waals surface area contributed by atoms with Crippen LogP contribution in [0, 0.1) is 13.8 Å². The molecule has 1 amide bonds. The molecule has 0 radical (unpaired) electrons. The van der Waals surface area contributed by atoms with Crippen molar-refractivity contribution in [3.05, 3.63) is 65.0 Å². The van der Waals surface area contributed by atoms with Gasteiger partial charge in [-0.1, -0.05) is 12.1 Å². The second-order valence-electron chi connectivity index (χ2n) is 6.68. The predicted molar refractivity (Wildman–Crippen MR) is 104 cm³/mol. The first kappa shape index (κ1) is 21.2. The van der Waals surface area contributed by atoms with Gasteiger partial charge in [0.2, 0.25) is 0 Å². The smallest absolute Gasteiger partial charge is 0.418 e. The average molecular weight is 417 g/mol. The summed E-state index contributed by atoms with van der Waals surface area (Å²) < 4.78 is 44.3. The molecule has 0 unspecified atom stereocenters. The van der Waals surface area contributed by atoms with Crippen LogP contribution in [0.25, 0.3) is 11.0 Å². The summed E-state index contributed by atoms with van der Waals surface area (Å²) in [6, 6.07) is 9.14. The summed E-state index contributed by atoms with van der Waals surface area (Å²) in [6.45, 7) is 4.89. The van der Waals surface area contributed by atoms with Gasteiger partial charge in [0.1, 0.15) is 0 Å². The number of hydrogen-bond acceptors (Lipinski definition) is 5. The number of alkyl halides is 3. The number of esters is 1. The lowest BCUT2D eigenvalue weighted by atomic mass is 10.1. The number of nitrogens with one attached hydrogen (secondary N) is 1. The number of amides is 1. The Morgan fingerprint density at radius 1 is 1.00 bits per heavy atom. The van der Waals surface area contributed by atoms with E-state index in [0.29, 0.717) is 16.7 Å². The van der Waals surface area contributed by atoms with Gasteiger partial charge >= 0.3 is 12.1 Å². The third-order valence-electron chi connectivity index (χ3n) is 4.45. The molecular weight excluding hydrogens is 399 g/mol. The van der Waals surface area contributed by atoms with Crippen molar-refractivity contribution >= 4 is 28.6 Å². The zero-order chi connectivity index (χ0) is 22.1. The number of ether oxygens (including phenoxy) is 1. The number of aromatic nitrogens is 2. The van der Waals surface area contributed by atoms with Crippen LogP contribution in [-0.4, -0.2) is 27.9 Å². The van der Waals surface area contributed by atoms with Crippen molar-refractivity contribution in [2.75, 3.05) is 5.32 Å². The van der Waals surface area contributed by atoms with E-state index < -0.39 is 35.4 Å². The minimum atomic E-state index is -4.63. The number of nitrogens with zero attached hydrogens (tertiary/aromatic N) is 2. The molecule has 0 spiro atoms. The van der Waals surface area contributed by atoms with Crippen molar-refractivity contribution in [3.8, 4) is 0 Å². The van der Waals surface area contributed by atoms with E-state index in [-0.39, 0.29) is 5.56 Å². The van der Waals surface area contributed by atoms with Crippen LogP contribution >= 0.6 is 0 Å². The topological polar surface area (TPSA) is 81.2 Å². The Hall–Kier alpha value is -3.49. The summed E-state index contributed by atoms with van der Waals surface area (Å²) in [5.74, 6) is -1.68. The van der Waals surface area contributed by atoms with E-state index in [1.54, 1.807) is 13.0 Å². The summed E-state index contributed by atoms with van der Waals surface area (Å²) in [4.78, 5) is 33.4. The summed E-state index contributed by atoms with van der Waals surface area (Å²) >= 11 is 0. The number of carbonyl (C=O) groups excluding carboxylic acids is 2. The number of carbonyl (C=O) groups is 2. The highest BCUT2D eigenvalue weighted by molar-refractivity contribution is 5.98. The van der Waals surface area contributed by atoms with E-state index in [9.17, 15) is 22.8 Å². The van der Waals surface area contributed by atoms with Gasteiger partial charge in [-0.2, -0.15) is 13.2 Å². The van der Waals surface area contributed by atoms with Crippen LogP contribution in [0.2, 0.25) is 0 Å². The monoisotopic (exact) mass is 417 g/mol. The third-order valence-corrected chi connectivity index (χ3v) is 4.45. The highest BCUT2D eigenvalue weighted by Crippen LogP contribution is 2.34. The van der Waals surface area contributed by atoms with Gasteiger partial charge in [0.15, 0.2) is 6.10 Å². The van der Waals surface area contributed by atoms with E-state index in [2.05, 4.69) is 15.3 Å². The normalized spacial score (nSPS) is 12.5. The maximum Gasteiger partial charge on any atom is 0.418 e.